The lowest BCUT2D eigenvalue weighted by molar-refractivity contribution is -0.192. The van der Waals surface area contributed by atoms with Gasteiger partial charge >= 0.3 is 18.3 Å². The number of aliphatic carboxylic acids is 1. The molecular formula is C29H29F6N3O4. The Labute approximate surface area is 237 Å². The molecule has 7 nitrogen and oxygen atoms in total. The molecule has 1 heterocycles. The van der Waals surface area contributed by atoms with Crippen LogP contribution in [0.4, 0.5) is 32.0 Å². The van der Waals surface area contributed by atoms with Gasteiger partial charge in [0.15, 0.2) is 0 Å². The fourth-order valence-corrected chi connectivity index (χ4v) is 4.94. The van der Waals surface area contributed by atoms with Crippen molar-refractivity contribution in [2.75, 3.05) is 5.32 Å². The molecule has 0 saturated heterocycles. The molecule has 2 aromatic carbocycles. The Hall–Kier alpha value is -4.21. The molecule has 42 heavy (non-hydrogen) atoms. The molecule has 1 fully saturated rings. The molecule has 0 unspecified atom stereocenters. The number of benzene rings is 2. The van der Waals surface area contributed by atoms with Crippen LogP contribution in [0.2, 0.25) is 0 Å². The van der Waals surface area contributed by atoms with Crippen molar-refractivity contribution < 1.29 is 45.5 Å². The Morgan fingerprint density at radius 1 is 1.05 bits per heavy atom. The Kier molecular flexibility index (Phi) is 10.5. The zero-order valence-electron chi connectivity index (χ0n) is 22.5. The van der Waals surface area contributed by atoms with Gasteiger partial charge in [-0.05, 0) is 37.5 Å². The van der Waals surface area contributed by atoms with Gasteiger partial charge in [0, 0.05) is 28.6 Å². The maximum absolute atomic E-state index is 13.3. The highest BCUT2D eigenvalue weighted by Crippen LogP contribution is 2.34. The Morgan fingerprint density at radius 2 is 1.67 bits per heavy atom. The van der Waals surface area contributed by atoms with Gasteiger partial charge in [0.2, 0.25) is 11.7 Å². The fourth-order valence-electron chi connectivity index (χ4n) is 4.94. The van der Waals surface area contributed by atoms with Gasteiger partial charge in [0.25, 0.3) is 0 Å². The van der Waals surface area contributed by atoms with E-state index in [0.29, 0.717) is 23.6 Å². The van der Waals surface area contributed by atoms with Crippen LogP contribution in [0.3, 0.4) is 0 Å². The van der Waals surface area contributed by atoms with Crippen molar-refractivity contribution >= 4 is 28.3 Å². The third-order valence-electron chi connectivity index (χ3n) is 6.87. The molecule has 1 aliphatic rings. The van der Waals surface area contributed by atoms with E-state index in [-0.39, 0.29) is 23.8 Å². The number of nitriles is 1. The summed E-state index contributed by atoms with van der Waals surface area (Å²) in [7, 11) is 0. The van der Waals surface area contributed by atoms with Gasteiger partial charge < -0.3 is 20.2 Å². The summed E-state index contributed by atoms with van der Waals surface area (Å²) in [5.74, 6) is -3.70. The number of nitrogens with zero attached hydrogens (tertiary/aromatic N) is 1. The first-order valence-corrected chi connectivity index (χ1v) is 13.1. The highest BCUT2D eigenvalue weighted by molar-refractivity contribution is 5.99. The molecule has 0 aliphatic heterocycles. The van der Waals surface area contributed by atoms with Crippen LogP contribution in [0.1, 0.15) is 61.2 Å². The highest BCUT2D eigenvalue weighted by atomic mass is 19.4. The zero-order valence-corrected chi connectivity index (χ0v) is 22.5. The predicted molar refractivity (Wildman–Crippen MR) is 141 cm³/mol. The quantitative estimate of drug-likeness (QED) is 0.246. The number of furan rings is 1. The largest absolute Gasteiger partial charge is 0.490 e. The summed E-state index contributed by atoms with van der Waals surface area (Å²) in [5.41, 5.74) is 1.16. The van der Waals surface area contributed by atoms with Crippen LogP contribution >= 0.6 is 0 Å². The molecule has 226 valence electrons. The SMILES string of the molecule is Cc1cc(CNC(=O)[C@H](CC2CCCCC2)Nc2ccc(C#N)c3ccccc23)c(C(F)(F)F)o1.O=C(O)C(F)(F)F. The summed E-state index contributed by atoms with van der Waals surface area (Å²) in [6, 6.07) is 13.8. The first kappa shape index (κ1) is 32.3. The molecule has 0 radical (unpaired) electrons. The standard InChI is InChI=1S/C27H28F3N3O2.C2HF3O2/c1-17-13-20(25(35-17)27(28,29)30)16-32-26(34)24(14-18-7-3-2-4-8-18)33-23-12-11-19(15-31)21-9-5-6-10-22(21)23;3-2(4,5)1(6)7/h5-6,9-13,18,24,33H,2-4,7-8,14,16H2,1H3,(H,32,34);(H,6,7)/t24-;/m0./s1. The van der Waals surface area contributed by atoms with Crippen molar-refractivity contribution in [1.29, 1.82) is 5.26 Å². The number of anilines is 1. The number of hydrogen-bond donors (Lipinski definition) is 3. The van der Waals surface area contributed by atoms with Gasteiger partial charge in [-0.3, -0.25) is 4.79 Å². The zero-order chi connectivity index (χ0) is 31.1. The number of alkyl halides is 6. The van der Waals surface area contributed by atoms with Gasteiger partial charge in [-0.2, -0.15) is 31.6 Å². The number of carboxylic acids is 1. The van der Waals surface area contributed by atoms with Crippen LogP contribution in [-0.4, -0.2) is 29.2 Å². The number of nitrogens with one attached hydrogen (secondary N) is 2. The first-order valence-electron chi connectivity index (χ1n) is 13.1. The molecule has 1 atom stereocenters. The lowest BCUT2D eigenvalue weighted by Crippen LogP contribution is -2.41. The van der Waals surface area contributed by atoms with Gasteiger partial charge in [-0.15, -0.1) is 0 Å². The summed E-state index contributed by atoms with van der Waals surface area (Å²) in [5, 5.41) is 24.2. The number of hydrogen-bond acceptors (Lipinski definition) is 5. The third-order valence-corrected chi connectivity index (χ3v) is 6.87. The molecule has 4 rings (SSSR count). The van der Waals surface area contributed by atoms with Gasteiger partial charge in [0.1, 0.15) is 11.8 Å². The monoisotopic (exact) mass is 597 g/mol. The number of aryl methyl sites for hydroxylation is 1. The van der Waals surface area contributed by atoms with E-state index in [9.17, 15) is 36.4 Å². The second kappa shape index (κ2) is 13.6. The predicted octanol–water partition coefficient (Wildman–Crippen LogP) is 7.33. The summed E-state index contributed by atoms with van der Waals surface area (Å²) >= 11 is 0. The van der Waals surface area contributed by atoms with E-state index in [1.54, 1.807) is 12.1 Å². The Bertz CT molecular complexity index is 1440. The van der Waals surface area contributed by atoms with Crippen molar-refractivity contribution in [3.05, 3.63) is 65.1 Å². The van der Waals surface area contributed by atoms with Crippen molar-refractivity contribution in [2.24, 2.45) is 5.92 Å². The molecule has 0 spiro atoms. The van der Waals surface area contributed by atoms with Crippen LogP contribution < -0.4 is 10.6 Å². The van der Waals surface area contributed by atoms with Crippen molar-refractivity contribution in [3.63, 3.8) is 0 Å². The number of carbonyl (C=O) groups is 2. The molecule has 3 N–H and O–H groups in total. The first-order chi connectivity index (χ1) is 19.7. The van der Waals surface area contributed by atoms with Crippen LogP contribution in [0, 0.1) is 24.2 Å². The normalized spacial score (nSPS) is 14.8. The topological polar surface area (TPSA) is 115 Å². The average molecular weight is 598 g/mol. The maximum atomic E-state index is 13.3. The van der Waals surface area contributed by atoms with E-state index in [1.807, 2.05) is 24.3 Å². The second-order valence-electron chi connectivity index (χ2n) is 9.98. The number of rotatable bonds is 7. The molecule has 1 aromatic heterocycles. The molecule has 1 amide bonds. The van der Waals surface area contributed by atoms with Gasteiger partial charge in [0.05, 0.1) is 11.6 Å². The minimum atomic E-state index is -5.08. The number of carboxylic acid groups (broad SMARTS) is 1. The Morgan fingerprint density at radius 3 is 2.24 bits per heavy atom. The molecule has 13 heteroatoms. The molecule has 0 bridgehead atoms. The van der Waals surface area contributed by atoms with E-state index in [1.165, 1.54) is 19.4 Å². The van der Waals surface area contributed by atoms with Gasteiger partial charge in [-0.1, -0.05) is 56.4 Å². The molecule has 1 aliphatic carbocycles. The molecular weight excluding hydrogens is 568 g/mol. The lowest BCUT2D eigenvalue weighted by Gasteiger charge is -2.27. The average Bonchev–Trinajstić information content (AvgIpc) is 3.33. The number of halogens is 6. The smallest absolute Gasteiger partial charge is 0.475 e. The van der Waals surface area contributed by atoms with E-state index in [4.69, 9.17) is 14.3 Å². The van der Waals surface area contributed by atoms with E-state index in [0.717, 1.165) is 36.5 Å². The van der Waals surface area contributed by atoms with Crippen molar-refractivity contribution in [3.8, 4) is 6.07 Å². The third kappa shape index (κ3) is 8.64. The summed E-state index contributed by atoms with van der Waals surface area (Å²) in [6.07, 6.45) is -3.67. The van der Waals surface area contributed by atoms with E-state index >= 15 is 0 Å². The fraction of sp³-hybridized carbons (Fsp3) is 0.414. The summed E-state index contributed by atoms with van der Waals surface area (Å²) in [4.78, 5) is 22.2. The van der Waals surface area contributed by atoms with Crippen LogP contribution in [0.15, 0.2) is 46.9 Å². The maximum Gasteiger partial charge on any atom is 0.490 e. The number of fused-ring (bicyclic) bond motifs is 1. The van der Waals surface area contributed by atoms with Gasteiger partial charge in [-0.25, -0.2) is 4.79 Å². The van der Waals surface area contributed by atoms with Crippen LogP contribution in [0.25, 0.3) is 10.8 Å². The van der Waals surface area contributed by atoms with E-state index < -0.39 is 30.1 Å². The van der Waals surface area contributed by atoms with Crippen LogP contribution in [0.5, 0.6) is 0 Å². The molecule has 3 aromatic rings. The molecule has 1 saturated carbocycles. The highest BCUT2D eigenvalue weighted by Gasteiger charge is 2.39. The summed E-state index contributed by atoms with van der Waals surface area (Å²) in [6.45, 7) is 1.17. The summed E-state index contributed by atoms with van der Waals surface area (Å²) < 4.78 is 76.5. The van der Waals surface area contributed by atoms with Crippen molar-refractivity contribution in [1.82, 2.24) is 5.32 Å². The minimum absolute atomic E-state index is 0.0939. The number of carbonyl (C=O) groups excluding carboxylic acids is 1. The van der Waals surface area contributed by atoms with Crippen molar-refractivity contribution in [2.45, 2.75) is 70.4 Å². The van der Waals surface area contributed by atoms with E-state index in [2.05, 4.69) is 16.7 Å². The minimum Gasteiger partial charge on any atom is -0.475 e. The number of amides is 1. The lowest BCUT2D eigenvalue weighted by atomic mass is 9.84. The van der Waals surface area contributed by atoms with Crippen LogP contribution in [-0.2, 0) is 22.3 Å². The second-order valence-corrected chi connectivity index (χ2v) is 9.98. The Balaban J connectivity index is 0.000000616.